The molecule has 0 radical (unpaired) electrons. The first-order chi connectivity index (χ1) is 11.6. The molecule has 24 heavy (non-hydrogen) atoms. The molecular weight excluding hydrogens is 302 g/mol. The second-order valence-electron chi connectivity index (χ2n) is 6.24. The zero-order chi connectivity index (χ0) is 16.9. The van der Waals surface area contributed by atoms with E-state index >= 15 is 0 Å². The predicted octanol–water partition coefficient (Wildman–Crippen LogP) is 3.83. The molecule has 0 atom stereocenters. The molecule has 0 bridgehead atoms. The van der Waals surface area contributed by atoms with Crippen molar-refractivity contribution in [1.82, 2.24) is 0 Å². The van der Waals surface area contributed by atoms with E-state index in [0.717, 1.165) is 24.1 Å². The molecule has 0 saturated carbocycles. The van der Waals surface area contributed by atoms with Crippen LogP contribution in [0.1, 0.15) is 46.3 Å². The lowest BCUT2D eigenvalue weighted by Crippen LogP contribution is -2.13. The van der Waals surface area contributed by atoms with Gasteiger partial charge in [-0.25, -0.2) is 0 Å². The van der Waals surface area contributed by atoms with Gasteiger partial charge in [-0.1, -0.05) is 18.2 Å². The molecule has 124 valence electrons. The summed E-state index contributed by atoms with van der Waals surface area (Å²) in [5.41, 5.74) is 5.00. The highest BCUT2D eigenvalue weighted by atomic mass is 16.4. The van der Waals surface area contributed by atoms with Crippen molar-refractivity contribution >= 4 is 17.6 Å². The van der Waals surface area contributed by atoms with Crippen molar-refractivity contribution in [3.8, 4) is 0 Å². The molecule has 2 aromatic rings. The minimum atomic E-state index is -0.806. The second-order valence-corrected chi connectivity index (χ2v) is 6.24. The number of benzene rings is 2. The maximum atomic E-state index is 12.4. The number of carboxylic acids is 1. The van der Waals surface area contributed by atoms with Crippen molar-refractivity contribution in [2.24, 2.45) is 0 Å². The fraction of sp³-hybridized carbons (Fsp3) is 0.300. The van der Waals surface area contributed by atoms with Crippen LogP contribution >= 0.6 is 0 Å². The summed E-state index contributed by atoms with van der Waals surface area (Å²) >= 11 is 0. The maximum Gasteiger partial charge on any atom is 0.303 e. The summed E-state index contributed by atoms with van der Waals surface area (Å²) in [4.78, 5) is 23.0. The number of rotatable bonds is 5. The lowest BCUT2D eigenvalue weighted by atomic mass is 9.90. The summed E-state index contributed by atoms with van der Waals surface area (Å²) in [5.74, 6) is -0.915. The number of anilines is 1. The normalized spacial score (nSPS) is 13.2. The van der Waals surface area contributed by atoms with Gasteiger partial charge >= 0.3 is 5.97 Å². The maximum absolute atomic E-state index is 12.4. The van der Waals surface area contributed by atoms with E-state index in [-0.39, 0.29) is 12.3 Å². The Balaban J connectivity index is 1.65. The fourth-order valence-electron chi connectivity index (χ4n) is 3.08. The Hall–Kier alpha value is -2.62. The van der Waals surface area contributed by atoms with Gasteiger partial charge in [0.1, 0.15) is 0 Å². The third kappa shape index (κ3) is 4.02. The van der Waals surface area contributed by atoms with Gasteiger partial charge in [0.05, 0.1) is 0 Å². The molecule has 1 amide bonds. The van der Waals surface area contributed by atoms with Crippen LogP contribution in [0.25, 0.3) is 0 Å². The zero-order valence-electron chi connectivity index (χ0n) is 13.5. The monoisotopic (exact) mass is 323 g/mol. The number of hydrogen-bond donors (Lipinski definition) is 2. The molecule has 4 heteroatoms. The molecule has 2 aromatic carbocycles. The largest absolute Gasteiger partial charge is 0.481 e. The smallest absolute Gasteiger partial charge is 0.303 e. The molecule has 0 fully saturated rings. The van der Waals surface area contributed by atoms with E-state index in [9.17, 15) is 9.59 Å². The number of aliphatic carboxylic acids is 1. The van der Waals surface area contributed by atoms with Crippen molar-refractivity contribution < 1.29 is 14.7 Å². The van der Waals surface area contributed by atoms with Crippen molar-refractivity contribution in [2.75, 3.05) is 5.32 Å². The summed E-state index contributed by atoms with van der Waals surface area (Å²) in [5, 5.41) is 11.6. The van der Waals surface area contributed by atoms with Crippen LogP contribution in [-0.4, -0.2) is 17.0 Å². The minimum absolute atomic E-state index is 0.110. The van der Waals surface area contributed by atoms with Gasteiger partial charge in [-0.15, -0.1) is 0 Å². The first-order valence-electron chi connectivity index (χ1n) is 8.36. The van der Waals surface area contributed by atoms with E-state index in [2.05, 4.69) is 11.4 Å². The molecule has 0 saturated heterocycles. The number of amides is 1. The number of carbonyl (C=O) groups excluding carboxylic acids is 1. The van der Waals surface area contributed by atoms with Crippen molar-refractivity contribution in [3.05, 3.63) is 64.7 Å². The van der Waals surface area contributed by atoms with Gasteiger partial charge in [-0.05, 0) is 73.1 Å². The molecule has 0 spiro atoms. The summed E-state index contributed by atoms with van der Waals surface area (Å²) in [6.07, 6.45) is 5.18. The lowest BCUT2D eigenvalue weighted by Gasteiger charge is -2.16. The van der Waals surface area contributed by atoms with Crippen LogP contribution in [0.5, 0.6) is 0 Å². The van der Waals surface area contributed by atoms with E-state index in [4.69, 9.17) is 5.11 Å². The van der Waals surface area contributed by atoms with Gasteiger partial charge in [0.25, 0.3) is 5.91 Å². The summed E-state index contributed by atoms with van der Waals surface area (Å²) < 4.78 is 0. The Labute approximate surface area is 141 Å². The van der Waals surface area contributed by atoms with Crippen LogP contribution < -0.4 is 5.32 Å². The van der Waals surface area contributed by atoms with Gasteiger partial charge in [-0.3, -0.25) is 9.59 Å². The second kappa shape index (κ2) is 7.30. The number of fused-ring (bicyclic) bond motifs is 1. The van der Waals surface area contributed by atoms with Crippen LogP contribution in [0.15, 0.2) is 42.5 Å². The van der Waals surface area contributed by atoms with E-state index < -0.39 is 5.97 Å². The van der Waals surface area contributed by atoms with Crippen LogP contribution in [-0.2, 0) is 24.1 Å². The molecule has 0 aromatic heterocycles. The molecule has 0 unspecified atom stereocenters. The van der Waals surface area contributed by atoms with Crippen LogP contribution in [0.2, 0.25) is 0 Å². The van der Waals surface area contributed by atoms with E-state index in [1.165, 1.54) is 24.0 Å². The Morgan fingerprint density at radius 3 is 2.38 bits per heavy atom. The van der Waals surface area contributed by atoms with Gasteiger partial charge in [0, 0.05) is 17.7 Å². The molecule has 4 nitrogen and oxygen atoms in total. The Bertz CT molecular complexity index is 750. The highest BCUT2D eigenvalue weighted by Gasteiger charge is 2.13. The molecule has 1 aliphatic carbocycles. The summed E-state index contributed by atoms with van der Waals surface area (Å²) in [7, 11) is 0. The van der Waals surface area contributed by atoms with Crippen molar-refractivity contribution in [1.29, 1.82) is 0 Å². The Morgan fingerprint density at radius 1 is 0.958 bits per heavy atom. The molecule has 0 aliphatic heterocycles. The number of aryl methyl sites for hydroxylation is 3. The van der Waals surface area contributed by atoms with Gasteiger partial charge in [0.15, 0.2) is 0 Å². The van der Waals surface area contributed by atoms with E-state index in [1.54, 1.807) is 0 Å². The number of hydrogen-bond acceptors (Lipinski definition) is 2. The summed E-state index contributed by atoms with van der Waals surface area (Å²) in [6.45, 7) is 0. The van der Waals surface area contributed by atoms with Crippen LogP contribution in [0.4, 0.5) is 5.69 Å². The molecule has 1 aliphatic rings. The van der Waals surface area contributed by atoms with E-state index in [1.807, 2.05) is 36.4 Å². The topological polar surface area (TPSA) is 66.4 Å². The van der Waals surface area contributed by atoms with E-state index in [0.29, 0.717) is 12.0 Å². The standard InChI is InChI=1S/C20H21NO3/c22-19(23)12-7-14-5-10-18(11-6-14)21-20(24)17-9-8-15-3-1-2-4-16(15)13-17/h5-6,8-11,13H,1-4,7,12H2,(H,21,24)(H,22,23). The highest BCUT2D eigenvalue weighted by molar-refractivity contribution is 6.04. The molecule has 2 N–H and O–H groups in total. The summed E-state index contributed by atoms with van der Waals surface area (Å²) in [6, 6.07) is 13.3. The Kier molecular flexibility index (Phi) is 4.94. The molecule has 0 heterocycles. The first kappa shape index (κ1) is 16.2. The molecular formula is C20H21NO3. The number of nitrogens with one attached hydrogen (secondary N) is 1. The molecule has 3 rings (SSSR count). The zero-order valence-corrected chi connectivity index (χ0v) is 13.5. The van der Waals surface area contributed by atoms with Crippen molar-refractivity contribution in [3.63, 3.8) is 0 Å². The van der Waals surface area contributed by atoms with Crippen molar-refractivity contribution in [2.45, 2.75) is 38.5 Å². The average Bonchev–Trinajstić information content (AvgIpc) is 2.60. The average molecular weight is 323 g/mol. The third-order valence-electron chi connectivity index (χ3n) is 4.45. The minimum Gasteiger partial charge on any atom is -0.481 e. The highest BCUT2D eigenvalue weighted by Crippen LogP contribution is 2.22. The quantitative estimate of drug-likeness (QED) is 0.878. The SMILES string of the molecule is O=C(O)CCc1ccc(NC(=O)c2ccc3c(c2)CCCC3)cc1. The number of carbonyl (C=O) groups is 2. The predicted molar refractivity (Wildman–Crippen MR) is 93.4 cm³/mol. The third-order valence-corrected chi connectivity index (χ3v) is 4.45. The first-order valence-corrected chi connectivity index (χ1v) is 8.36. The Morgan fingerprint density at radius 2 is 1.67 bits per heavy atom. The lowest BCUT2D eigenvalue weighted by molar-refractivity contribution is -0.136. The van der Waals surface area contributed by atoms with Crippen LogP contribution in [0, 0.1) is 0 Å². The van der Waals surface area contributed by atoms with Gasteiger partial charge in [0.2, 0.25) is 0 Å². The number of carboxylic acid groups (broad SMARTS) is 1. The van der Waals surface area contributed by atoms with Gasteiger partial charge < -0.3 is 10.4 Å². The fourth-order valence-corrected chi connectivity index (χ4v) is 3.08. The van der Waals surface area contributed by atoms with Crippen LogP contribution in [0.3, 0.4) is 0 Å². The van der Waals surface area contributed by atoms with Gasteiger partial charge in [-0.2, -0.15) is 0 Å².